The van der Waals surface area contributed by atoms with Crippen LogP contribution in [0.5, 0.6) is 0 Å². The van der Waals surface area contributed by atoms with E-state index in [2.05, 4.69) is 69.7 Å². The highest BCUT2D eigenvalue weighted by molar-refractivity contribution is 6.28. The summed E-state index contributed by atoms with van der Waals surface area (Å²) in [6.07, 6.45) is 8.65. The lowest BCUT2D eigenvalue weighted by Gasteiger charge is -2.31. The van der Waals surface area contributed by atoms with Gasteiger partial charge in [-0.3, -0.25) is 19.6 Å². The second-order valence-corrected chi connectivity index (χ2v) is 16.5. The number of hydrogen-bond donors (Lipinski definition) is 1. The maximum absolute atomic E-state index is 13.8. The number of halogens is 6. The smallest absolute Gasteiger partial charge is 0.273 e. The van der Waals surface area contributed by atoms with Crippen molar-refractivity contribution in [2.24, 2.45) is 0 Å². The highest BCUT2D eigenvalue weighted by Gasteiger charge is 2.22. The van der Waals surface area contributed by atoms with E-state index in [0.717, 1.165) is 80.2 Å². The van der Waals surface area contributed by atoms with E-state index >= 15 is 0 Å². The number of hydrogen-bond acceptors (Lipinski definition) is 8. The van der Waals surface area contributed by atoms with Gasteiger partial charge in [0.1, 0.15) is 29.1 Å². The summed E-state index contributed by atoms with van der Waals surface area (Å²) in [7, 11) is 0. The van der Waals surface area contributed by atoms with E-state index in [1.165, 1.54) is 54.1 Å². The quantitative estimate of drug-likeness (QED) is 0.0750. The zero-order valence-corrected chi connectivity index (χ0v) is 42.0. The molecule has 69 heavy (non-hydrogen) atoms. The van der Waals surface area contributed by atoms with Gasteiger partial charge in [0.2, 0.25) is 0 Å². The Kier molecular flexibility index (Phi) is 23.0. The molecule has 0 bridgehead atoms. The van der Waals surface area contributed by atoms with Crippen LogP contribution in [0.2, 0.25) is 5.15 Å². The largest absolute Gasteiger partial charge is 1.00 e. The van der Waals surface area contributed by atoms with Crippen molar-refractivity contribution in [3.8, 4) is 0 Å². The third kappa shape index (κ3) is 16.6. The minimum Gasteiger partial charge on any atom is -1.00 e. The molecule has 9 nitrogen and oxygen atoms in total. The van der Waals surface area contributed by atoms with Gasteiger partial charge in [0, 0.05) is 61.7 Å². The Morgan fingerprint density at radius 2 is 1.19 bits per heavy atom. The molecule has 2 aliphatic heterocycles. The Hall–Kier alpha value is -5.93. The molecule has 0 spiro atoms. The van der Waals surface area contributed by atoms with Gasteiger partial charge in [0.15, 0.2) is 17.8 Å². The van der Waals surface area contributed by atoms with Crippen LogP contribution in [0.3, 0.4) is 0 Å². The number of aromatic amines is 1. The molecule has 15 heteroatoms. The number of nitrogens with one attached hydrogen (secondary N) is 2. The molecule has 0 saturated carbocycles. The van der Waals surface area contributed by atoms with Gasteiger partial charge in [-0.2, -0.15) is 0 Å². The molecule has 6 aromatic rings. The maximum Gasteiger partial charge on any atom is 0.273 e. The number of aromatic nitrogens is 4. The second-order valence-electron chi connectivity index (χ2n) is 16.1. The maximum atomic E-state index is 13.8. The average Bonchev–Trinajstić information content (AvgIpc) is 3.34. The Morgan fingerprint density at radius 1 is 0.667 bits per heavy atom. The molecule has 6 heterocycles. The van der Waals surface area contributed by atoms with Crippen LogP contribution in [0.15, 0.2) is 133 Å². The molecule has 364 valence electrons. The standard InChI is InChI=1S/C24H21F2N3O.C19H18F2N2O.C6H15N.C5H4ClN.BrH/c1-16-10-12-29(23-7-2-3-11-27-23)15-19(16)17-8-9-18(28-14-17)13-22(30)24-20(25)5-4-6-21(24)26;1-12-7-8-22-11-15(12)13-5-6-14(23-10-13)9-18(24)19-16(20)3-2-4-17(19)21;1-4-7(5-2)6-3;6-5-3-1-2-4-7-5;/h2-9,11,14H,10,12-13,15H2,1H3;2-6,10,22H,7-9,11H2,1H3;4-6H2,1-3H3;1-4H;1H. The third-order valence-corrected chi connectivity index (χ3v) is 11.8. The van der Waals surface area contributed by atoms with Crippen molar-refractivity contribution in [3.05, 3.63) is 195 Å². The molecular weight excluding hydrogens is 970 g/mol. The first-order valence-corrected chi connectivity index (χ1v) is 23.1. The third-order valence-electron chi connectivity index (χ3n) is 11.6. The normalized spacial score (nSPS) is 13.2. The van der Waals surface area contributed by atoms with E-state index in [-0.39, 0.29) is 29.8 Å². The molecule has 0 atom stereocenters. The molecule has 0 amide bonds. The fourth-order valence-corrected chi connectivity index (χ4v) is 7.70. The molecule has 2 aliphatic rings. The number of ketones is 2. The highest BCUT2D eigenvalue weighted by atomic mass is 79.9. The zero-order valence-electron chi connectivity index (χ0n) is 39.6. The van der Waals surface area contributed by atoms with Crippen LogP contribution >= 0.6 is 11.6 Å². The van der Waals surface area contributed by atoms with Crippen molar-refractivity contribution >= 4 is 40.1 Å². The molecule has 0 fully saturated rings. The highest BCUT2D eigenvalue weighted by Crippen LogP contribution is 2.29. The number of pyridine rings is 4. The lowest BCUT2D eigenvalue weighted by atomic mass is 9.95. The van der Waals surface area contributed by atoms with Crippen LogP contribution in [0.25, 0.3) is 11.1 Å². The van der Waals surface area contributed by atoms with Crippen molar-refractivity contribution in [3.63, 3.8) is 0 Å². The number of benzene rings is 2. The van der Waals surface area contributed by atoms with E-state index in [1.807, 2.05) is 42.5 Å². The minimum atomic E-state index is -0.853. The first-order chi connectivity index (χ1) is 32.8. The van der Waals surface area contributed by atoms with Crippen molar-refractivity contribution in [2.45, 2.75) is 60.3 Å². The zero-order chi connectivity index (χ0) is 49.0. The molecule has 4 aromatic heterocycles. The fourth-order valence-electron chi connectivity index (χ4n) is 7.56. The van der Waals surface area contributed by atoms with Crippen LogP contribution in [0.4, 0.5) is 23.4 Å². The van der Waals surface area contributed by atoms with Crippen LogP contribution in [0, 0.1) is 23.3 Å². The fraction of sp³-hybridized carbons (Fsp3) is 0.296. The van der Waals surface area contributed by atoms with E-state index in [0.29, 0.717) is 16.5 Å². The Labute approximate surface area is 418 Å². The first-order valence-electron chi connectivity index (χ1n) is 22.8. The molecule has 0 saturated heterocycles. The van der Waals surface area contributed by atoms with Gasteiger partial charge in [0.25, 0.3) is 5.15 Å². The molecule has 0 unspecified atom stereocenters. The molecule has 8 rings (SSSR count). The van der Waals surface area contributed by atoms with E-state index in [1.54, 1.807) is 43.0 Å². The summed E-state index contributed by atoms with van der Waals surface area (Å²) in [6.45, 7) is 17.7. The number of Topliss-reactive ketones (excluding diaryl/α,β-unsaturated/α-hetero) is 2. The van der Waals surface area contributed by atoms with Gasteiger partial charge in [-0.25, -0.2) is 27.5 Å². The molecule has 2 N–H and O–H groups in total. The summed E-state index contributed by atoms with van der Waals surface area (Å²) < 4.78 is 55.0. The SMILES string of the molecule is CC1=C(c2ccc(CC(=O)c3c(F)cccc3F)nc2)CN(c2ccccn2)CC1.CC1=C(c2ccc(CC(=O)c3c(F)cccc3F)nc2)CNCC1.CCN(CC)CC.Clc1cccc[nH+]1.[Br-]. The van der Waals surface area contributed by atoms with Crippen LogP contribution < -0.4 is 32.2 Å². The van der Waals surface area contributed by atoms with Gasteiger partial charge in [0.05, 0.1) is 24.0 Å². The average molecular weight is 1030 g/mol. The summed E-state index contributed by atoms with van der Waals surface area (Å²) in [6, 6.07) is 25.5. The summed E-state index contributed by atoms with van der Waals surface area (Å²) in [5.74, 6) is -3.69. The Morgan fingerprint density at radius 3 is 1.59 bits per heavy atom. The van der Waals surface area contributed by atoms with E-state index < -0.39 is 46.0 Å². The van der Waals surface area contributed by atoms with Crippen molar-refractivity contribution in [1.29, 1.82) is 0 Å². The summed E-state index contributed by atoms with van der Waals surface area (Å²) in [5, 5.41) is 3.99. The number of nitrogens with zero attached hydrogens (tertiary/aromatic N) is 5. The van der Waals surface area contributed by atoms with Crippen LogP contribution in [-0.4, -0.2) is 77.2 Å². The van der Waals surface area contributed by atoms with Crippen molar-refractivity contribution < 1.29 is 49.1 Å². The van der Waals surface area contributed by atoms with E-state index in [4.69, 9.17) is 11.6 Å². The Bertz CT molecular complexity index is 2590. The number of carbonyl (C=O) groups excluding carboxylic acids is 2. The first kappa shape index (κ1) is 55.7. The number of anilines is 1. The van der Waals surface area contributed by atoms with Gasteiger partial charge in [-0.05, 0) is 141 Å². The Balaban J connectivity index is 0.000000235. The molecule has 0 radical (unpaired) electrons. The van der Waals surface area contributed by atoms with Gasteiger partial charge in [-0.1, -0.05) is 62.2 Å². The number of carbonyl (C=O) groups is 2. The van der Waals surface area contributed by atoms with E-state index in [9.17, 15) is 27.2 Å². The minimum absolute atomic E-state index is 0. The number of H-pyrrole nitrogens is 1. The molecular formula is C54H59BrClF4N7O2. The molecule has 2 aromatic carbocycles. The summed E-state index contributed by atoms with van der Waals surface area (Å²) in [5.41, 5.74) is 6.95. The predicted octanol–water partition coefficient (Wildman–Crippen LogP) is 7.92. The van der Waals surface area contributed by atoms with Crippen molar-refractivity contribution in [2.75, 3.05) is 50.7 Å². The second kappa shape index (κ2) is 28.5. The van der Waals surface area contributed by atoms with Crippen LogP contribution in [0.1, 0.15) is 90.7 Å². The molecule has 0 aliphatic carbocycles. The van der Waals surface area contributed by atoms with Crippen LogP contribution in [-0.2, 0) is 12.8 Å². The van der Waals surface area contributed by atoms with Gasteiger partial charge < -0.3 is 32.1 Å². The van der Waals surface area contributed by atoms with Gasteiger partial charge in [-0.15, -0.1) is 0 Å². The van der Waals surface area contributed by atoms with Crippen molar-refractivity contribution in [1.82, 2.24) is 25.2 Å². The predicted molar refractivity (Wildman–Crippen MR) is 262 cm³/mol. The monoisotopic (exact) mass is 1030 g/mol. The topological polar surface area (TPSA) is 105 Å². The summed E-state index contributed by atoms with van der Waals surface area (Å²) in [4.78, 5) is 45.0. The lowest BCUT2D eigenvalue weighted by Crippen LogP contribution is -3.00. The lowest BCUT2D eigenvalue weighted by molar-refractivity contribution is -0.375. The van der Waals surface area contributed by atoms with Gasteiger partial charge >= 0.3 is 0 Å². The number of rotatable bonds is 12. The summed E-state index contributed by atoms with van der Waals surface area (Å²) >= 11 is 5.48.